The number of benzene rings is 4. The maximum Gasteiger partial charge on any atom is 0.434 e. The average molecular weight is 782 g/mol. The third kappa shape index (κ3) is 7.76. The molecule has 4 aromatic carbocycles. The molecule has 14 heteroatoms. The first kappa shape index (κ1) is 33.9. The van der Waals surface area contributed by atoms with Crippen molar-refractivity contribution >= 4 is 31.9 Å². The van der Waals surface area contributed by atoms with Crippen molar-refractivity contribution in [2.75, 3.05) is 7.11 Å². The number of hydrogen-bond donors (Lipinski definition) is 0. The van der Waals surface area contributed by atoms with Gasteiger partial charge < -0.3 is 4.74 Å². The molecule has 0 aliphatic heterocycles. The third-order valence-corrected chi connectivity index (χ3v) is 7.61. The number of alkyl halides is 6. The van der Waals surface area contributed by atoms with Gasteiger partial charge in [0, 0.05) is 32.5 Å². The quantitative estimate of drug-likeness (QED) is 0.164. The van der Waals surface area contributed by atoms with Crippen LogP contribution in [0, 0.1) is 5.82 Å². The summed E-state index contributed by atoms with van der Waals surface area (Å²) in [5.41, 5.74) is -0.508. The first-order valence-electron chi connectivity index (χ1n) is 13.5. The maximum absolute atomic E-state index is 14.2. The molecule has 2 aromatic heterocycles. The van der Waals surface area contributed by atoms with Crippen molar-refractivity contribution in [1.29, 1.82) is 0 Å². The summed E-state index contributed by atoms with van der Waals surface area (Å²) in [6.45, 7) is 0. The minimum Gasteiger partial charge on any atom is -0.495 e. The lowest BCUT2D eigenvalue weighted by Crippen LogP contribution is -2.05. The van der Waals surface area contributed by atoms with Crippen LogP contribution in [0.2, 0.25) is 0 Å². The van der Waals surface area contributed by atoms with E-state index in [1.807, 2.05) is 0 Å². The van der Waals surface area contributed by atoms with Gasteiger partial charge in [-0.15, -0.1) is 0 Å². The van der Waals surface area contributed by atoms with Gasteiger partial charge in [-0.05, 0) is 36.4 Å². The summed E-state index contributed by atoms with van der Waals surface area (Å²) in [5, 5.41) is 0. The summed E-state index contributed by atoms with van der Waals surface area (Å²) < 4.78 is 102. The monoisotopic (exact) mass is 780 g/mol. The van der Waals surface area contributed by atoms with Gasteiger partial charge in [0.2, 0.25) is 0 Å². The molecule has 0 unspecified atom stereocenters. The number of imidazole rings is 2. The average Bonchev–Trinajstić information content (AvgIpc) is 3.69. The zero-order valence-electron chi connectivity index (χ0n) is 24.0. The van der Waals surface area contributed by atoms with Gasteiger partial charge in [-0.3, -0.25) is 9.13 Å². The highest BCUT2D eigenvalue weighted by molar-refractivity contribution is 9.10. The number of rotatable bonds is 5. The Kier molecular flexibility index (Phi) is 9.92. The minimum absolute atomic E-state index is 0.00458. The molecular weight excluding hydrogens is 761 g/mol. The maximum atomic E-state index is 14.2. The normalized spacial score (nSPS) is 11.6. The van der Waals surface area contributed by atoms with Crippen LogP contribution in [-0.2, 0) is 12.4 Å². The number of halogens is 9. The Balaban J connectivity index is 0.000000185. The topological polar surface area (TPSA) is 44.9 Å². The zero-order chi connectivity index (χ0) is 33.9. The fraction of sp³-hybridized carbons (Fsp3) is 0.0909. The number of ether oxygens (including phenoxy) is 1. The molecule has 0 N–H and O–H groups in total. The van der Waals surface area contributed by atoms with Gasteiger partial charge in [-0.25, -0.2) is 14.4 Å². The molecule has 0 amide bonds. The molecular formula is C33H21Br2F7N4O. The molecule has 0 aliphatic rings. The minimum atomic E-state index is -4.61. The lowest BCUT2D eigenvalue weighted by Gasteiger charge is -2.12. The summed E-state index contributed by atoms with van der Waals surface area (Å²) in [5.74, 6) is 0.0121. The van der Waals surface area contributed by atoms with E-state index in [9.17, 15) is 30.7 Å². The molecule has 0 saturated carbocycles. The lowest BCUT2D eigenvalue weighted by atomic mass is 10.2. The van der Waals surface area contributed by atoms with Crippen LogP contribution in [0.3, 0.4) is 0 Å². The van der Waals surface area contributed by atoms with Gasteiger partial charge in [0.15, 0.2) is 11.4 Å². The SMILES string of the molecule is COc1cc(Br)ccc1-n1cc(C(F)(F)F)nc1-c1ccccc1.Fc1cc(Br)ccc1-n1cc(C(F)(F)F)nc1-c1ccccc1. The van der Waals surface area contributed by atoms with E-state index in [2.05, 4.69) is 41.8 Å². The van der Waals surface area contributed by atoms with Crippen molar-refractivity contribution in [2.45, 2.75) is 12.4 Å². The number of methoxy groups -OCH3 is 1. The van der Waals surface area contributed by atoms with Crippen molar-refractivity contribution in [1.82, 2.24) is 19.1 Å². The second-order valence-electron chi connectivity index (χ2n) is 9.78. The van der Waals surface area contributed by atoms with Gasteiger partial charge in [0.1, 0.15) is 23.2 Å². The van der Waals surface area contributed by atoms with Gasteiger partial charge in [0.25, 0.3) is 0 Å². The van der Waals surface area contributed by atoms with E-state index in [-0.39, 0.29) is 17.3 Å². The van der Waals surface area contributed by atoms with Gasteiger partial charge in [-0.2, -0.15) is 26.3 Å². The number of nitrogens with zero attached hydrogens (tertiary/aromatic N) is 4. The van der Waals surface area contributed by atoms with Crippen molar-refractivity contribution in [3.05, 3.63) is 136 Å². The van der Waals surface area contributed by atoms with E-state index < -0.39 is 29.6 Å². The predicted octanol–water partition coefficient (Wildman–Crippen LogP) is 10.8. The van der Waals surface area contributed by atoms with E-state index in [4.69, 9.17) is 4.74 Å². The van der Waals surface area contributed by atoms with Crippen LogP contribution in [-0.4, -0.2) is 26.2 Å². The van der Waals surface area contributed by atoms with E-state index in [0.29, 0.717) is 27.0 Å². The summed E-state index contributed by atoms with van der Waals surface area (Å²) in [4.78, 5) is 7.45. The van der Waals surface area contributed by atoms with E-state index >= 15 is 0 Å². The van der Waals surface area contributed by atoms with E-state index in [1.54, 1.807) is 84.9 Å². The van der Waals surface area contributed by atoms with Crippen LogP contribution in [0.15, 0.2) is 118 Å². The first-order chi connectivity index (χ1) is 22.3. The summed E-state index contributed by atoms with van der Waals surface area (Å²) in [7, 11) is 1.47. The zero-order valence-corrected chi connectivity index (χ0v) is 27.2. The Hall–Kier alpha value is -4.43. The van der Waals surface area contributed by atoms with Gasteiger partial charge in [-0.1, -0.05) is 92.5 Å². The molecule has 6 aromatic rings. The Labute approximate surface area is 280 Å². The predicted molar refractivity (Wildman–Crippen MR) is 170 cm³/mol. The Morgan fingerprint density at radius 2 is 1.02 bits per heavy atom. The van der Waals surface area contributed by atoms with Crippen LogP contribution in [0.4, 0.5) is 30.7 Å². The molecule has 5 nitrogen and oxygen atoms in total. The lowest BCUT2D eigenvalue weighted by molar-refractivity contribution is -0.141. The van der Waals surface area contributed by atoms with Crippen molar-refractivity contribution < 1.29 is 35.5 Å². The van der Waals surface area contributed by atoms with Gasteiger partial charge >= 0.3 is 12.4 Å². The number of hydrogen-bond acceptors (Lipinski definition) is 3. The molecule has 0 spiro atoms. The Bertz CT molecular complexity index is 1990. The highest BCUT2D eigenvalue weighted by Gasteiger charge is 2.36. The molecule has 47 heavy (non-hydrogen) atoms. The Morgan fingerprint density at radius 1 is 0.596 bits per heavy atom. The fourth-order valence-electron chi connectivity index (χ4n) is 4.51. The smallest absolute Gasteiger partial charge is 0.434 e. The Morgan fingerprint density at radius 3 is 1.45 bits per heavy atom. The van der Waals surface area contributed by atoms with Crippen LogP contribution in [0.5, 0.6) is 5.75 Å². The number of aromatic nitrogens is 4. The summed E-state index contributed by atoms with van der Waals surface area (Å²) in [6, 6.07) is 26.3. The van der Waals surface area contributed by atoms with E-state index in [1.165, 1.54) is 23.8 Å². The fourth-order valence-corrected chi connectivity index (χ4v) is 5.18. The second-order valence-corrected chi connectivity index (χ2v) is 11.6. The van der Waals surface area contributed by atoms with Crippen molar-refractivity contribution in [2.24, 2.45) is 0 Å². The van der Waals surface area contributed by atoms with Crippen molar-refractivity contribution in [3.8, 4) is 39.9 Å². The van der Waals surface area contributed by atoms with E-state index in [0.717, 1.165) is 21.4 Å². The first-order valence-corrected chi connectivity index (χ1v) is 15.1. The second kappa shape index (κ2) is 13.7. The largest absolute Gasteiger partial charge is 0.495 e. The molecule has 0 radical (unpaired) electrons. The summed E-state index contributed by atoms with van der Waals surface area (Å²) in [6.07, 6.45) is -7.36. The standard InChI is InChI=1S/C17H12BrF3N2O.C16H9BrF4N2/c1-24-14-9-12(18)7-8-13(14)23-10-15(17(19,20)21)22-16(23)11-5-3-2-4-6-11;17-11-6-7-13(12(18)8-11)23-9-14(16(19,20)21)22-15(23)10-4-2-1-3-5-10/h2-10H,1H3;1-9H. The van der Waals surface area contributed by atoms with Crippen LogP contribution in [0.25, 0.3) is 34.2 Å². The van der Waals surface area contributed by atoms with Crippen molar-refractivity contribution in [3.63, 3.8) is 0 Å². The highest BCUT2D eigenvalue weighted by Crippen LogP contribution is 2.36. The third-order valence-electron chi connectivity index (χ3n) is 6.63. The van der Waals surface area contributed by atoms with Crippen LogP contribution < -0.4 is 4.74 Å². The summed E-state index contributed by atoms with van der Waals surface area (Å²) >= 11 is 6.45. The molecule has 0 atom stereocenters. The molecule has 242 valence electrons. The molecule has 2 heterocycles. The molecule has 0 fully saturated rings. The molecule has 0 bridgehead atoms. The van der Waals surface area contributed by atoms with Gasteiger partial charge in [0.05, 0.1) is 18.5 Å². The van der Waals surface area contributed by atoms with Crippen LogP contribution >= 0.6 is 31.9 Å². The molecule has 6 rings (SSSR count). The molecule has 0 saturated heterocycles. The molecule has 0 aliphatic carbocycles. The highest BCUT2D eigenvalue weighted by atomic mass is 79.9. The van der Waals surface area contributed by atoms with Crippen LogP contribution in [0.1, 0.15) is 11.4 Å².